The lowest BCUT2D eigenvalue weighted by Gasteiger charge is -2.18. The summed E-state index contributed by atoms with van der Waals surface area (Å²) in [5, 5.41) is 0. The van der Waals surface area contributed by atoms with E-state index in [9.17, 15) is 13.2 Å². The van der Waals surface area contributed by atoms with Crippen LogP contribution in [-0.4, -0.2) is 6.61 Å². The summed E-state index contributed by atoms with van der Waals surface area (Å²) in [4.78, 5) is 0. The topological polar surface area (TPSA) is 47.3 Å². The van der Waals surface area contributed by atoms with Crippen molar-refractivity contribution in [2.24, 2.45) is 5.84 Å². The SMILES string of the molecule is NNC(C1=CCCO1)c1cccc(C(F)(F)F)c1. The zero-order chi connectivity index (χ0) is 13.2. The average molecular weight is 258 g/mol. The van der Waals surface area contributed by atoms with Gasteiger partial charge in [-0.1, -0.05) is 12.1 Å². The lowest BCUT2D eigenvalue weighted by molar-refractivity contribution is -0.137. The number of hydrogen-bond donors (Lipinski definition) is 2. The molecule has 98 valence electrons. The number of ether oxygens (including phenoxy) is 1. The number of hydrazine groups is 1. The van der Waals surface area contributed by atoms with Gasteiger partial charge in [-0.3, -0.25) is 5.84 Å². The second-order valence-electron chi connectivity index (χ2n) is 3.97. The maximum absolute atomic E-state index is 12.6. The molecule has 0 fully saturated rings. The quantitative estimate of drug-likeness (QED) is 0.647. The van der Waals surface area contributed by atoms with E-state index in [1.807, 2.05) is 6.08 Å². The zero-order valence-electron chi connectivity index (χ0n) is 9.50. The highest BCUT2D eigenvalue weighted by Crippen LogP contribution is 2.32. The minimum Gasteiger partial charge on any atom is -0.496 e. The molecule has 0 radical (unpaired) electrons. The number of alkyl halides is 3. The Morgan fingerprint density at radius 2 is 2.11 bits per heavy atom. The smallest absolute Gasteiger partial charge is 0.416 e. The molecule has 1 unspecified atom stereocenters. The van der Waals surface area contributed by atoms with Gasteiger partial charge in [0.1, 0.15) is 11.8 Å². The fraction of sp³-hybridized carbons (Fsp3) is 0.333. The maximum Gasteiger partial charge on any atom is 0.416 e. The van der Waals surface area contributed by atoms with Crippen LogP contribution in [0.25, 0.3) is 0 Å². The third-order valence-corrected chi connectivity index (χ3v) is 2.73. The molecule has 1 heterocycles. The van der Waals surface area contributed by atoms with E-state index in [1.165, 1.54) is 6.07 Å². The fourth-order valence-corrected chi connectivity index (χ4v) is 1.88. The molecule has 1 aliphatic heterocycles. The highest BCUT2D eigenvalue weighted by Gasteiger charge is 2.31. The molecular weight excluding hydrogens is 245 g/mol. The highest BCUT2D eigenvalue weighted by atomic mass is 19.4. The summed E-state index contributed by atoms with van der Waals surface area (Å²) >= 11 is 0. The molecule has 0 bridgehead atoms. The van der Waals surface area contributed by atoms with Crippen LogP contribution in [0, 0.1) is 0 Å². The van der Waals surface area contributed by atoms with E-state index in [2.05, 4.69) is 5.43 Å². The van der Waals surface area contributed by atoms with Gasteiger partial charge in [-0.25, -0.2) is 5.43 Å². The predicted octanol–water partition coefficient (Wildman–Crippen LogP) is 2.51. The Morgan fingerprint density at radius 1 is 1.33 bits per heavy atom. The Balaban J connectivity index is 2.31. The second-order valence-corrected chi connectivity index (χ2v) is 3.97. The molecule has 0 saturated carbocycles. The van der Waals surface area contributed by atoms with Crippen LogP contribution >= 0.6 is 0 Å². The standard InChI is InChI=1S/C12H13F3N2O/c13-12(14,15)9-4-1-3-8(7-9)11(17-16)10-5-2-6-18-10/h1,3-5,7,11,17H,2,6,16H2. The summed E-state index contributed by atoms with van der Waals surface area (Å²) in [7, 11) is 0. The molecule has 0 aromatic heterocycles. The van der Waals surface area contributed by atoms with E-state index in [4.69, 9.17) is 10.6 Å². The van der Waals surface area contributed by atoms with Crippen molar-refractivity contribution in [2.45, 2.75) is 18.6 Å². The van der Waals surface area contributed by atoms with Crippen LogP contribution in [0.2, 0.25) is 0 Å². The summed E-state index contributed by atoms with van der Waals surface area (Å²) < 4.78 is 43.2. The summed E-state index contributed by atoms with van der Waals surface area (Å²) in [6.45, 7) is 0.534. The van der Waals surface area contributed by atoms with Crippen molar-refractivity contribution >= 4 is 0 Å². The number of halogens is 3. The van der Waals surface area contributed by atoms with Crippen LogP contribution in [0.15, 0.2) is 36.1 Å². The van der Waals surface area contributed by atoms with E-state index in [0.717, 1.165) is 18.6 Å². The molecule has 0 aliphatic carbocycles. The van der Waals surface area contributed by atoms with Crippen LogP contribution in [-0.2, 0) is 10.9 Å². The Bertz CT molecular complexity index is 457. The Hall–Kier alpha value is -1.53. The first-order valence-corrected chi connectivity index (χ1v) is 5.48. The summed E-state index contributed by atoms with van der Waals surface area (Å²) in [6, 6.07) is 4.50. The van der Waals surface area contributed by atoms with E-state index >= 15 is 0 Å². The first-order chi connectivity index (χ1) is 8.52. The lowest BCUT2D eigenvalue weighted by atomic mass is 10.0. The molecule has 18 heavy (non-hydrogen) atoms. The van der Waals surface area contributed by atoms with E-state index in [1.54, 1.807) is 6.07 Å². The molecule has 0 spiro atoms. The van der Waals surface area contributed by atoms with Crippen LogP contribution in [0.4, 0.5) is 13.2 Å². The summed E-state index contributed by atoms with van der Waals surface area (Å²) in [5.74, 6) is 5.96. The molecule has 2 rings (SSSR count). The van der Waals surface area contributed by atoms with Gasteiger partial charge in [0.15, 0.2) is 0 Å². The van der Waals surface area contributed by atoms with Crippen LogP contribution in [0.1, 0.15) is 23.6 Å². The number of rotatable bonds is 3. The second kappa shape index (κ2) is 4.99. The molecule has 6 heteroatoms. The number of hydrogen-bond acceptors (Lipinski definition) is 3. The maximum atomic E-state index is 12.6. The normalized spacial score (nSPS) is 17.2. The Kier molecular flexibility index (Phi) is 3.58. The van der Waals surface area contributed by atoms with Crippen LogP contribution in [0.3, 0.4) is 0 Å². The molecule has 0 amide bonds. The first-order valence-electron chi connectivity index (χ1n) is 5.48. The lowest BCUT2D eigenvalue weighted by Crippen LogP contribution is -2.29. The van der Waals surface area contributed by atoms with Gasteiger partial charge in [-0.15, -0.1) is 0 Å². The Labute approximate surface area is 102 Å². The molecule has 1 aromatic carbocycles. The first kappa shape index (κ1) is 12.9. The monoisotopic (exact) mass is 258 g/mol. The van der Waals surface area contributed by atoms with Gasteiger partial charge >= 0.3 is 6.18 Å². The van der Waals surface area contributed by atoms with Crippen molar-refractivity contribution in [1.29, 1.82) is 0 Å². The van der Waals surface area contributed by atoms with Gasteiger partial charge in [0, 0.05) is 6.42 Å². The minimum absolute atomic E-state index is 0.431. The third-order valence-electron chi connectivity index (χ3n) is 2.73. The van der Waals surface area contributed by atoms with Gasteiger partial charge in [0.25, 0.3) is 0 Å². The fourth-order valence-electron chi connectivity index (χ4n) is 1.88. The van der Waals surface area contributed by atoms with Crippen molar-refractivity contribution in [3.05, 3.63) is 47.2 Å². The predicted molar refractivity (Wildman–Crippen MR) is 60.2 cm³/mol. The van der Waals surface area contributed by atoms with Gasteiger partial charge in [-0.05, 0) is 23.8 Å². The van der Waals surface area contributed by atoms with E-state index in [0.29, 0.717) is 17.9 Å². The molecule has 1 aliphatic rings. The zero-order valence-corrected chi connectivity index (χ0v) is 9.50. The van der Waals surface area contributed by atoms with Crippen molar-refractivity contribution in [3.8, 4) is 0 Å². The van der Waals surface area contributed by atoms with Crippen molar-refractivity contribution in [2.75, 3.05) is 6.61 Å². The number of nitrogens with one attached hydrogen (secondary N) is 1. The molecule has 0 saturated heterocycles. The molecular formula is C12H13F3N2O. The van der Waals surface area contributed by atoms with Crippen LogP contribution in [0.5, 0.6) is 0 Å². The van der Waals surface area contributed by atoms with Crippen LogP contribution < -0.4 is 11.3 Å². The van der Waals surface area contributed by atoms with Gasteiger partial charge < -0.3 is 4.74 Å². The third kappa shape index (κ3) is 2.65. The summed E-state index contributed by atoms with van der Waals surface area (Å²) in [6.07, 6.45) is -1.79. The van der Waals surface area contributed by atoms with Crippen molar-refractivity contribution in [3.63, 3.8) is 0 Å². The molecule has 3 nitrogen and oxygen atoms in total. The minimum atomic E-state index is -4.36. The molecule has 1 aromatic rings. The van der Waals surface area contributed by atoms with Gasteiger partial charge in [0.2, 0.25) is 0 Å². The van der Waals surface area contributed by atoms with Crippen molar-refractivity contribution in [1.82, 2.24) is 5.43 Å². The van der Waals surface area contributed by atoms with Crippen molar-refractivity contribution < 1.29 is 17.9 Å². The van der Waals surface area contributed by atoms with Gasteiger partial charge in [0.05, 0.1) is 12.2 Å². The average Bonchev–Trinajstić information content (AvgIpc) is 2.83. The number of benzene rings is 1. The van der Waals surface area contributed by atoms with E-state index in [-0.39, 0.29) is 0 Å². The molecule has 3 N–H and O–H groups in total. The Morgan fingerprint density at radius 3 is 2.67 bits per heavy atom. The molecule has 1 atom stereocenters. The number of nitrogens with two attached hydrogens (primary N) is 1. The highest BCUT2D eigenvalue weighted by molar-refractivity contribution is 5.32. The summed E-state index contributed by atoms with van der Waals surface area (Å²) in [5.41, 5.74) is 2.21. The van der Waals surface area contributed by atoms with Gasteiger partial charge in [-0.2, -0.15) is 13.2 Å². The largest absolute Gasteiger partial charge is 0.496 e. The van der Waals surface area contributed by atoms with E-state index < -0.39 is 17.8 Å².